The summed E-state index contributed by atoms with van der Waals surface area (Å²) >= 11 is 0. The average Bonchev–Trinajstić information content (AvgIpc) is 2.40. The lowest BCUT2D eigenvalue weighted by atomic mass is 10.1. The van der Waals surface area contributed by atoms with Gasteiger partial charge in [0.15, 0.2) is 0 Å². The first-order valence-corrected chi connectivity index (χ1v) is 6.77. The number of nitrogens with zero attached hydrogens (tertiary/aromatic N) is 1. The number of nitrogens with one attached hydrogen (secondary N) is 2. The quantitative estimate of drug-likeness (QED) is 0.828. The summed E-state index contributed by atoms with van der Waals surface area (Å²) in [4.78, 5) is 4.24. The van der Waals surface area contributed by atoms with Crippen molar-refractivity contribution in [1.29, 1.82) is 0 Å². The predicted octanol–water partition coefficient (Wildman–Crippen LogP) is 3.56. The van der Waals surface area contributed by atoms with Gasteiger partial charge in [-0.15, -0.1) is 0 Å². The smallest absolute Gasteiger partial charge is 0.0549 e. The van der Waals surface area contributed by atoms with Crippen LogP contribution >= 0.6 is 0 Å². The molecule has 2 rings (SSSR count). The molecule has 0 radical (unpaired) electrons. The van der Waals surface area contributed by atoms with Gasteiger partial charge in [-0.1, -0.05) is 30.3 Å². The lowest BCUT2D eigenvalue weighted by Crippen LogP contribution is -2.18. The van der Waals surface area contributed by atoms with E-state index >= 15 is 0 Å². The standard InChI is InChI=1S/C16H21N3/c1-3-18-15-10-16(12-17-11-15)19-13(2)9-14-7-5-4-6-8-14/h4-8,10-13,18-19H,3,9H2,1-2H3. The van der Waals surface area contributed by atoms with E-state index in [1.165, 1.54) is 5.56 Å². The first-order valence-electron chi connectivity index (χ1n) is 6.77. The molecule has 1 aromatic heterocycles. The number of benzene rings is 1. The normalized spacial score (nSPS) is 11.9. The fourth-order valence-electron chi connectivity index (χ4n) is 2.12. The van der Waals surface area contributed by atoms with E-state index in [4.69, 9.17) is 0 Å². The van der Waals surface area contributed by atoms with Crippen molar-refractivity contribution in [3.05, 3.63) is 54.4 Å². The Morgan fingerprint density at radius 1 is 1.11 bits per heavy atom. The van der Waals surface area contributed by atoms with Crippen molar-refractivity contribution in [3.63, 3.8) is 0 Å². The highest BCUT2D eigenvalue weighted by Crippen LogP contribution is 2.15. The molecular weight excluding hydrogens is 234 g/mol. The van der Waals surface area contributed by atoms with Gasteiger partial charge in [-0.05, 0) is 31.9 Å². The zero-order chi connectivity index (χ0) is 13.5. The van der Waals surface area contributed by atoms with Crippen molar-refractivity contribution in [2.45, 2.75) is 26.3 Å². The van der Waals surface area contributed by atoms with E-state index in [0.29, 0.717) is 6.04 Å². The molecule has 0 fully saturated rings. The van der Waals surface area contributed by atoms with Crippen LogP contribution in [0.2, 0.25) is 0 Å². The summed E-state index contributed by atoms with van der Waals surface area (Å²) in [5, 5.41) is 6.76. The number of aromatic nitrogens is 1. The van der Waals surface area contributed by atoms with E-state index in [9.17, 15) is 0 Å². The summed E-state index contributed by atoms with van der Waals surface area (Å²) in [7, 11) is 0. The summed E-state index contributed by atoms with van der Waals surface area (Å²) in [6, 6.07) is 13.0. The molecule has 0 spiro atoms. The first-order chi connectivity index (χ1) is 9.28. The number of anilines is 2. The first kappa shape index (κ1) is 13.4. The maximum atomic E-state index is 4.24. The number of hydrogen-bond donors (Lipinski definition) is 2. The third-order valence-electron chi connectivity index (χ3n) is 2.92. The van der Waals surface area contributed by atoms with Gasteiger partial charge in [-0.25, -0.2) is 0 Å². The van der Waals surface area contributed by atoms with E-state index in [1.807, 2.05) is 18.5 Å². The molecule has 1 heterocycles. The monoisotopic (exact) mass is 255 g/mol. The predicted molar refractivity (Wildman–Crippen MR) is 81.6 cm³/mol. The highest BCUT2D eigenvalue weighted by atomic mass is 14.9. The number of hydrogen-bond acceptors (Lipinski definition) is 3. The maximum Gasteiger partial charge on any atom is 0.0549 e. The molecule has 0 amide bonds. The zero-order valence-electron chi connectivity index (χ0n) is 11.6. The Bertz CT molecular complexity index is 496. The van der Waals surface area contributed by atoms with Crippen LogP contribution in [0.1, 0.15) is 19.4 Å². The molecule has 2 aromatic rings. The van der Waals surface area contributed by atoms with E-state index in [-0.39, 0.29) is 0 Å². The molecule has 0 saturated heterocycles. The van der Waals surface area contributed by atoms with E-state index in [0.717, 1.165) is 24.3 Å². The zero-order valence-corrected chi connectivity index (χ0v) is 11.6. The average molecular weight is 255 g/mol. The van der Waals surface area contributed by atoms with Gasteiger partial charge in [0.2, 0.25) is 0 Å². The van der Waals surface area contributed by atoms with Gasteiger partial charge in [-0.3, -0.25) is 4.98 Å². The Morgan fingerprint density at radius 2 is 1.84 bits per heavy atom. The molecule has 1 unspecified atom stereocenters. The largest absolute Gasteiger partial charge is 0.384 e. The van der Waals surface area contributed by atoms with Crippen molar-refractivity contribution in [2.24, 2.45) is 0 Å². The minimum atomic E-state index is 0.376. The van der Waals surface area contributed by atoms with Gasteiger partial charge in [0.1, 0.15) is 0 Å². The molecule has 0 aliphatic heterocycles. The molecule has 100 valence electrons. The minimum Gasteiger partial charge on any atom is -0.384 e. The molecule has 0 bridgehead atoms. The van der Waals surface area contributed by atoms with E-state index in [1.54, 1.807) is 0 Å². The summed E-state index contributed by atoms with van der Waals surface area (Å²) in [5.41, 5.74) is 3.46. The molecule has 0 aliphatic carbocycles. The van der Waals surface area contributed by atoms with Crippen LogP contribution in [0.25, 0.3) is 0 Å². The Labute approximate surface area is 115 Å². The van der Waals surface area contributed by atoms with Crippen molar-refractivity contribution in [3.8, 4) is 0 Å². The molecule has 19 heavy (non-hydrogen) atoms. The SMILES string of the molecule is CCNc1cncc(NC(C)Cc2ccccc2)c1. The topological polar surface area (TPSA) is 37.0 Å². The molecule has 0 saturated carbocycles. The third-order valence-corrected chi connectivity index (χ3v) is 2.92. The van der Waals surface area contributed by atoms with Crippen molar-refractivity contribution in [1.82, 2.24) is 4.98 Å². The van der Waals surface area contributed by atoms with E-state index < -0.39 is 0 Å². The fourth-order valence-corrected chi connectivity index (χ4v) is 2.12. The highest BCUT2D eigenvalue weighted by Gasteiger charge is 2.04. The Morgan fingerprint density at radius 3 is 2.58 bits per heavy atom. The lowest BCUT2D eigenvalue weighted by molar-refractivity contribution is 0.789. The molecule has 3 nitrogen and oxygen atoms in total. The van der Waals surface area contributed by atoms with Gasteiger partial charge >= 0.3 is 0 Å². The summed E-state index contributed by atoms with van der Waals surface area (Å²) in [6.07, 6.45) is 4.71. The Balaban J connectivity index is 1.95. The van der Waals surface area contributed by atoms with Crippen LogP contribution in [0.4, 0.5) is 11.4 Å². The Hall–Kier alpha value is -2.03. The van der Waals surface area contributed by atoms with Crippen LogP contribution in [0.3, 0.4) is 0 Å². The van der Waals surface area contributed by atoms with Gasteiger partial charge in [0.05, 0.1) is 23.8 Å². The van der Waals surface area contributed by atoms with Crippen LogP contribution < -0.4 is 10.6 Å². The summed E-state index contributed by atoms with van der Waals surface area (Å²) < 4.78 is 0. The molecule has 1 atom stereocenters. The number of rotatable bonds is 6. The van der Waals surface area contributed by atoms with Crippen molar-refractivity contribution < 1.29 is 0 Å². The second-order valence-electron chi connectivity index (χ2n) is 4.73. The number of pyridine rings is 1. The van der Waals surface area contributed by atoms with E-state index in [2.05, 4.69) is 59.8 Å². The van der Waals surface area contributed by atoms with Crippen LogP contribution in [0.15, 0.2) is 48.8 Å². The van der Waals surface area contributed by atoms with Gasteiger partial charge in [-0.2, -0.15) is 0 Å². The van der Waals surface area contributed by atoms with Crippen LogP contribution in [0, 0.1) is 0 Å². The molecule has 1 aromatic carbocycles. The molecule has 0 aliphatic rings. The highest BCUT2D eigenvalue weighted by molar-refractivity contribution is 5.54. The van der Waals surface area contributed by atoms with Crippen LogP contribution in [0.5, 0.6) is 0 Å². The van der Waals surface area contributed by atoms with Gasteiger partial charge in [0.25, 0.3) is 0 Å². The van der Waals surface area contributed by atoms with Gasteiger partial charge < -0.3 is 10.6 Å². The fraction of sp³-hybridized carbons (Fsp3) is 0.312. The Kier molecular flexibility index (Phi) is 4.78. The van der Waals surface area contributed by atoms with Crippen molar-refractivity contribution in [2.75, 3.05) is 17.2 Å². The minimum absolute atomic E-state index is 0.376. The van der Waals surface area contributed by atoms with Gasteiger partial charge in [0, 0.05) is 12.6 Å². The summed E-state index contributed by atoms with van der Waals surface area (Å²) in [6.45, 7) is 5.18. The summed E-state index contributed by atoms with van der Waals surface area (Å²) in [5.74, 6) is 0. The molecule has 3 heteroatoms. The molecular formula is C16H21N3. The lowest BCUT2D eigenvalue weighted by Gasteiger charge is -2.16. The van der Waals surface area contributed by atoms with Crippen LogP contribution in [-0.4, -0.2) is 17.6 Å². The maximum absolute atomic E-state index is 4.24. The van der Waals surface area contributed by atoms with Crippen molar-refractivity contribution >= 4 is 11.4 Å². The van der Waals surface area contributed by atoms with Crippen LogP contribution in [-0.2, 0) is 6.42 Å². The second-order valence-corrected chi connectivity index (χ2v) is 4.73. The second kappa shape index (κ2) is 6.78. The molecule has 2 N–H and O–H groups in total. The third kappa shape index (κ3) is 4.28.